The van der Waals surface area contributed by atoms with Crippen molar-refractivity contribution in [1.29, 1.82) is 0 Å². The van der Waals surface area contributed by atoms with Gasteiger partial charge < -0.3 is 10.2 Å². The van der Waals surface area contributed by atoms with Gasteiger partial charge in [-0.05, 0) is 75.5 Å². The molecule has 2 aliphatic heterocycles. The second-order valence-corrected chi connectivity index (χ2v) is 7.42. The second kappa shape index (κ2) is 6.38. The average molecular weight is 252 g/mol. The van der Waals surface area contributed by atoms with E-state index in [1.165, 1.54) is 64.8 Å². The van der Waals surface area contributed by atoms with Gasteiger partial charge in [-0.1, -0.05) is 20.8 Å². The van der Waals surface area contributed by atoms with E-state index < -0.39 is 0 Å². The first-order valence-corrected chi connectivity index (χ1v) is 8.00. The van der Waals surface area contributed by atoms with Crippen molar-refractivity contribution in [3.8, 4) is 0 Å². The van der Waals surface area contributed by atoms with E-state index in [0.717, 1.165) is 11.8 Å². The maximum Gasteiger partial charge on any atom is 0.00327 e. The van der Waals surface area contributed by atoms with Crippen LogP contribution in [0.4, 0.5) is 0 Å². The van der Waals surface area contributed by atoms with Crippen molar-refractivity contribution >= 4 is 0 Å². The van der Waals surface area contributed by atoms with Crippen LogP contribution in [0.5, 0.6) is 0 Å². The van der Waals surface area contributed by atoms with Crippen molar-refractivity contribution in [1.82, 2.24) is 10.2 Å². The Labute approximate surface area is 114 Å². The molecule has 0 radical (unpaired) electrons. The van der Waals surface area contributed by atoms with E-state index in [4.69, 9.17) is 0 Å². The van der Waals surface area contributed by atoms with Gasteiger partial charge in [-0.2, -0.15) is 0 Å². The van der Waals surface area contributed by atoms with Gasteiger partial charge >= 0.3 is 0 Å². The van der Waals surface area contributed by atoms with Crippen molar-refractivity contribution in [3.63, 3.8) is 0 Å². The van der Waals surface area contributed by atoms with E-state index >= 15 is 0 Å². The molecular weight excluding hydrogens is 220 g/mol. The molecule has 0 bridgehead atoms. The molecule has 2 nitrogen and oxygen atoms in total. The molecule has 106 valence electrons. The predicted octanol–water partition coefficient (Wildman–Crippen LogP) is 3.13. The van der Waals surface area contributed by atoms with Crippen molar-refractivity contribution in [2.24, 2.45) is 17.3 Å². The van der Waals surface area contributed by atoms with Crippen LogP contribution >= 0.6 is 0 Å². The van der Waals surface area contributed by atoms with Crippen LogP contribution in [-0.4, -0.2) is 37.6 Å². The van der Waals surface area contributed by atoms with Gasteiger partial charge in [0.05, 0.1) is 0 Å². The van der Waals surface area contributed by atoms with Gasteiger partial charge in [0.25, 0.3) is 0 Å². The Morgan fingerprint density at radius 2 is 2.17 bits per heavy atom. The van der Waals surface area contributed by atoms with E-state index in [-0.39, 0.29) is 0 Å². The van der Waals surface area contributed by atoms with Crippen LogP contribution in [0.1, 0.15) is 52.9 Å². The molecule has 0 aromatic rings. The van der Waals surface area contributed by atoms with Crippen LogP contribution in [0, 0.1) is 17.3 Å². The van der Waals surface area contributed by atoms with Crippen molar-refractivity contribution < 1.29 is 0 Å². The van der Waals surface area contributed by atoms with Crippen LogP contribution in [0.25, 0.3) is 0 Å². The number of nitrogens with zero attached hydrogens (tertiary/aromatic N) is 1. The maximum atomic E-state index is 3.55. The highest BCUT2D eigenvalue weighted by atomic mass is 15.1. The molecule has 2 fully saturated rings. The van der Waals surface area contributed by atoms with Crippen LogP contribution < -0.4 is 5.32 Å². The summed E-state index contributed by atoms with van der Waals surface area (Å²) in [7, 11) is 0. The molecule has 2 unspecified atom stereocenters. The molecule has 0 amide bonds. The zero-order valence-electron chi connectivity index (χ0n) is 12.7. The zero-order valence-corrected chi connectivity index (χ0v) is 12.7. The van der Waals surface area contributed by atoms with Gasteiger partial charge in [0.2, 0.25) is 0 Å². The standard InChI is InChI=1S/C16H32N2/c1-14(15-6-4-9-17-12-15)7-11-18-10-5-8-16(2,3)13-18/h14-15,17H,4-13H2,1-3H3. The lowest BCUT2D eigenvalue weighted by molar-refractivity contribution is 0.107. The molecule has 0 aromatic carbocycles. The Morgan fingerprint density at radius 1 is 1.33 bits per heavy atom. The molecule has 2 heteroatoms. The second-order valence-electron chi connectivity index (χ2n) is 7.42. The van der Waals surface area contributed by atoms with E-state index in [2.05, 4.69) is 31.0 Å². The molecule has 1 N–H and O–H groups in total. The zero-order chi connectivity index (χ0) is 13.0. The molecule has 2 rings (SSSR count). The molecule has 0 saturated carbocycles. The van der Waals surface area contributed by atoms with E-state index in [1.807, 2.05) is 0 Å². The molecule has 2 aliphatic rings. The molecule has 2 saturated heterocycles. The number of likely N-dealkylation sites (tertiary alicyclic amines) is 1. The van der Waals surface area contributed by atoms with Crippen molar-refractivity contribution in [2.45, 2.75) is 52.9 Å². The summed E-state index contributed by atoms with van der Waals surface area (Å²) in [4.78, 5) is 2.70. The monoisotopic (exact) mass is 252 g/mol. The molecule has 18 heavy (non-hydrogen) atoms. The van der Waals surface area contributed by atoms with E-state index in [0.29, 0.717) is 5.41 Å². The average Bonchev–Trinajstić information content (AvgIpc) is 2.36. The third-order valence-electron chi connectivity index (χ3n) is 5.02. The lowest BCUT2D eigenvalue weighted by Crippen LogP contribution is -2.41. The van der Waals surface area contributed by atoms with Gasteiger partial charge in [0.1, 0.15) is 0 Å². The summed E-state index contributed by atoms with van der Waals surface area (Å²) in [6, 6.07) is 0. The predicted molar refractivity (Wildman–Crippen MR) is 78.8 cm³/mol. The largest absolute Gasteiger partial charge is 0.316 e. The number of nitrogens with one attached hydrogen (secondary N) is 1. The minimum Gasteiger partial charge on any atom is -0.316 e. The Balaban J connectivity index is 1.70. The quantitative estimate of drug-likeness (QED) is 0.827. The number of hydrogen-bond acceptors (Lipinski definition) is 2. The summed E-state index contributed by atoms with van der Waals surface area (Å²) in [6.45, 7) is 13.8. The summed E-state index contributed by atoms with van der Waals surface area (Å²) < 4.78 is 0. The fraction of sp³-hybridized carbons (Fsp3) is 1.00. The molecule has 0 aromatic heterocycles. The highest BCUT2D eigenvalue weighted by Gasteiger charge is 2.27. The van der Waals surface area contributed by atoms with E-state index in [1.54, 1.807) is 0 Å². The number of piperidine rings is 2. The van der Waals surface area contributed by atoms with Gasteiger partial charge in [-0.25, -0.2) is 0 Å². The molecule has 2 atom stereocenters. The molecule has 0 spiro atoms. The smallest absolute Gasteiger partial charge is 0.00327 e. The van der Waals surface area contributed by atoms with Crippen LogP contribution in [0.2, 0.25) is 0 Å². The van der Waals surface area contributed by atoms with Crippen LogP contribution in [-0.2, 0) is 0 Å². The molecule has 0 aliphatic carbocycles. The lowest BCUT2D eigenvalue weighted by Gasteiger charge is -2.39. The van der Waals surface area contributed by atoms with Crippen LogP contribution in [0.15, 0.2) is 0 Å². The van der Waals surface area contributed by atoms with Gasteiger partial charge in [-0.15, -0.1) is 0 Å². The third-order valence-corrected chi connectivity index (χ3v) is 5.02. The fourth-order valence-electron chi connectivity index (χ4n) is 3.72. The maximum absolute atomic E-state index is 3.55. The topological polar surface area (TPSA) is 15.3 Å². The van der Waals surface area contributed by atoms with Gasteiger partial charge in [0.15, 0.2) is 0 Å². The first kappa shape index (κ1) is 14.3. The minimum atomic E-state index is 0.549. The SMILES string of the molecule is CC(CCN1CCCC(C)(C)C1)C1CCCNC1. The summed E-state index contributed by atoms with van der Waals surface area (Å²) in [5.74, 6) is 1.82. The third kappa shape index (κ3) is 4.24. The van der Waals surface area contributed by atoms with Crippen molar-refractivity contribution in [2.75, 3.05) is 32.7 Å². The fourth-order valence-corrected chi connectivity index (χ4v) is 3.72. The summed E-state index contributed by atoms with van der Waals surface area (Å²) in [5, 5.41) is 3.55. The lowest BCUT2D eigenvalue weighted by atomic mass is 9.83. The molecular formula is C16H32N2. The van der Waals surface area contributed by atoms with Gasteiger partial charge in [0, 0.05) is 6.54 Å². The first-order valence-electron chi connectivity index (χ1n) is 8.00. The Bertz CT molecular complexity index is 243. The molecule has 2 heterocycles. The normalized spacial score (nSPS) is 31.2. The Kier molecular flexibility index (Phi) is 5.08. The van der Waals surface area contributed by atoms with Gasteiger partial charge in [-0.3, -0.25) is 0 Å². The Hall–Kier alpha value is -0.0800. The van der Waals surface area contributed by atoms with Crippen LogP contribution in [0.3, 0.4) is 0 Å². The minimum absolute atomic E-state index is 0.549. The highest BCUT2D eigenvalue weighted by Crippen LogP contribution is 2.29. The Morgan fingerprint density at radius 3 is 2.83 bits per heavy atom. The van der Waals surface area contributed by atoms with Crippen molar-refractivity contribution in [3.05, 3.63) is 0 Å². The number of hydrogen-bond donors (Lipinski definition) is 1. The summed E-state index contributed by atoms with van der Waals surface area (Å²) in [6.07, 6.45) is 7.02. The summed E-state index contributed by atoms with van der Waals surface area (Å²) >= 11 is 0. The summed E-state index contributed by atoms with van der Waals surface area (Å²) in [5.41, 5.74) is 0.549. The first-order chi connectivity index (χ1) is 8.57. The number of rotatable bonds is 4. The van der Waals surface area contributed by atoms with E-state index in [9.17, 15) is 0 Å². The highest BCUT2D eigenvalue weighted by molar-refractivity contribution is 4.81.